The Morgan fingerprint density at radius 2 is 1.96 bits per heavy atom. The molecule has 1 fully saturated rings. The molecule has 144 valence electrons. The summed E-state index contributed by atoms with van der Waals surface area (Å²) in [6, 6.07) is 16.1. The van der Waals surface area contributed by atoms with E-state index in [1.54, 1.807) is 0 Å². The van der Waals surface area contributed by atoms with Gasteiger partial charge in [-0.05, 0) is 68.5 Å². The highest BCUT2D eigenvalue weighted by atomic mass is 16.3. The third-order valence-electron chi connectivity index (χ3n) is 5.27. The molecule has 1 aliphatic rings. The fourth-order valence-electron chi connectivity index (χ4n) is 3.77. The molecular weight excluding hydrogens is 336 g/mol. The Hall–Kier alpha value is -2.17. The molecule has 0 spiro atoms. The third-order valence-corrected chi connectivity index (χ3v) is 5.27. The molecule has 3 rings (SSSR count). The zero-order chi connectivity index (χ0) is 19.1. The Kier molecular flexibility index (Phi) is 7.02. The molecule has 0 unspecified atom stereocenters. The van der Waals surface area contributed by atoms with Crippen LogP contribution in [0.15, 0.2) is 48.5 Å². The number of carbonyl (C=O) groups excluding carboxylic acids is 1. The molecule has 1 saturated heterocycles. The number of carbonyl (C=O) groups is 1. The van der Waals surface area contributed by atoms with E-state index in [0.717, 1.165) is 50.0 Å². The van der Waals surface area contributed by atoms with Crippen LogP contribution in [0.4, 0.5) is 0 Å². The summed E-state index contributed by atoms with van der Waals surface area (Å²) >= 11 is 0. The van der Waals surface area contributed by atoms with Gasteiger partial charge in [0.15, 0.2) is 0 Å². The smallest absolute Gasteiger partial charge is 0.251 e. The Labute approximate surface area is 162 Å². The number of aryl methyl sites for hydroxylation is 1. The van der Waals surface area contributed by atoms with Crippen molar-refractivity contribution in [3.05, 3.63) is 59.7 Å². The van der Waals surface area contributed by atoms with E-state index in [1.807, 2.05) is 30.3 Å². The average Bonchev–Trinajstić information content (AvgIpc) is 2.71. The summed E-state index contributed by atoms with van der Waals surface area (Å²) < 4.78 is 0. The van der Waals surface area contributed by atoms with Crippen LogP contribution in [0.3, 0.4) is 0 Å². The molecule has 2 aromatic rings. The van der Waals surface area contributed by atoms with Crippen LogP contribution in [0.5, 0.6) is 0 Å². The topological polar surface area (TPSA) is 52.6 Å². The maximum atomic E-state index is 12.5. The van der Waals surface area contributed by atoms with E-state index in [4.69, 9.17) is 0 Å². The molecule has 0 saturated carbocycles. The number of nitrogens with one attached hydrogen (secondary N) is 1. The first kappa shape index (κ1) is 19.6. The molecule has 1 atom stereocenters. The molecule has 27 heavy (non-hydrogen) atoms. The SMILES string of the molecule is Cc1cccc(-c2cccc(C(=O)NCCCN3CCC[C@@H](CO)C3)c2)c1. The molecular formula is C23H30N2O2. The summed E-state index contributed by atoms with van der Waals surface area (Å²) in [5, 5.41) is 12.4. The van der Waals surface area contributed by atoms with Gasteiger partial charge in [-0.2, -0.15) is 0 Å². The lowest BCUT2D eigenvalue weighted by Gasteiger charge is -2.31. The molecule has 0 aromatic heterocycles. The van der Waals surface area contributed by atoms with Crippen molar-refractivity contribution in [3.63, 3.8) is 0 Å². The second-order valence-electron chi connectivity index (χ2n) is 7.55. The number of benzene rings is 2. The van der Waals surface area contributed by atoms with Gasteiger partial charge in [-0.3, -0.25) is 4.79 Å². The predicted molar refractivity (Wildman–Crippen MR) is 110 cm³/mol. The zero-order valence-corrected chi connectivity index (χ0v) is 16.2. The van der Waals surface area contributed by atoms with E-state index in [0.29, 0.717) is 18.0 Å². The first-order valence-electron chi connectivity index (χ1n) is 9.94. The van der Waals surface area contributed by atoms with Crippen LogP contribution in [0.1, 0.15) is 35.2 Å². The summed E-state index contributed by atoms with van der Waals surface area (Å²) in [6.07, 6.45) is 3.21. The fourth-order valence-corrected chi connectivity index (χ4v) is 3.77. The minimum absolute atomic E-state index is 0.0172. The molecule has 1 heterocycles. The van der Waals surface area contributed by atoms with E-state index in [9.17, 15) is 9.90 Å². The maximum absolute atomic E-state index is 12.5. The fraction of sp³-hybridized carbons (Fsp3) is 0.435. The molecule has 0 bridgehead atoms. The number of hydrogen-bond donors (Lipinski definition) is 2. The van der Waals surface area contributed by atoms with E-state index in [1.165, 1.54) is 5.56 Å². The maximum Gasteiger partial charge on any atom is 0.251 e. The first-order chi connectivity index (χ1) is 13.2. The highest BCUT2D eigenvalue weighted by Crippen LogP contribution is 2.21. The van der Waals surface area contributed by atoms with Crippen molar-refractivity contribution >= 4 is 5.91 Å². The third kappa shape index (κ3) is 5.65. The lowest BCUT2D eigenvalue weighted by atomic mass is 9.99. The Morgan fingerprint density at radius 3 is 2.74 bits per heavy atom. The van der Waals surface area contributed by atoms with Crippen molar-refractivity contribution in [1.82, 2.24) is 10.2 Å². The van der Waals surface area contributed by atoms with Gasteiger partial charge < -0.3 is 15.3 Å². The van der Waals surface area contributed by atoms with Crippen molar-refractivity contribution in [2.45, 2.75) is 26.2 Å². The van der Waals surface area contributed by atoms with Gasteiger partial charge >= 0.3 is 0 Å². The van der Waals surface area contributed by atoms with Crippen LogP contribution in [-0.4, -0.2) is 48.7 Å². The molecule has 0 aliphatic carbocycles. The van der Waals surface area contributed by atoms with Crippen LogP contribution in [-0.2, 0) is 0 Å². The van der Waals surface area contributed by atoms with Gasteiger partial charge in [0.05, 0.1) is 0 Å². The van der Waals surface area contributed by atoms with Crippen molar-refractivity contribution in [2.24, 2.45) is 5.92 Å². The minimum atomic E-state index is -0.0172. The molecule has 1 aliphatic heterocycles. The zero-order valence-electron chi connectivity index (χ0n) is 16.2. The summed E-state index contributed by atoms with van der Waals surface area (Å²) in [5.41, 5.74) is 4.11. The summed E-state index contributed by atoms with van der Waals surface area (Å²) in [4.78, 5) is 14.9. The van der Waals surface area contributed by atoms with Gasteiger partial charge in [-0.1, -0.05) is 42.0 Å². The summed E-state index contributed by atoms with van der Waals surface area (Å²) in [6.45, 7) is 6.08. The van der Waals surface area contributed by atoms with Crippen LogP contribution < -0.4 is 5.32 Å². The molecule has 2 aromatic carbocycles. The van der Waals surface area contributed by atoms with Crippen LogP contribution in [0.25, 0.3) is 11.1 Å². The number of likely N-dealkylation sites (tertiary alicyclic amines) is 1. The first-order valence-corrected chi connectivity index (χ1v) is 9.94. The highest BCUT2D eigenvalue weighted by Gasteiger charge is 2.18. The van der Waals surface area contributed by atoms with Gasteiger partial charge in [0.1, 0.15) is 0 Å². The Bertz CT molecular complexity index is 760. The average molecular weight is 367 g/mol. The molecule has 0 radical (unpaired) electrons. The Morgan fingerprint density at radius 1 is 1.19 bits per heavy atom. The monoisotopic (exact) mass is 366 g/mol. The number of piperidine rings is 1. The van der Waals surface area contributed by atoms with Crippen LogP contribution in [0.2, 0.25) is 0 Å². The van der Waals surface area contributed by atoms with E-state index >= 15 is 0 Å². The normalized spacial score (nSPS) is 17.6. The number of hydrogen-bond acceptors (Lipinski definition) is 3. The number of aliphatic hydroxyl groups is 1. The van der Waals surface area contributed by atoms with Crippen molar-refractivity contribution < 1.29 is 9.90 Å². The molecule has 4 nitrogen and oxygen atoms in total. The second-order valence-corrected chi connectivity index (χ2v) is 7.55. The van der Waals surface area contributed by atoms with Crippen LogP contribution >= 0.6 is 0 Å². The van der Waals surface area contributed by atoms with Gasteiger partial charge in [-0.25, -0.2) is 0 Å². The largest absolute Gasteiger partial charge is 0.396 e. The van der Waals surface area contributed by atoms with Gasteiger partial charge in [0, 0.05) is 25.3 Å². The van der Waals surface area contributed by atoms with E-state index in [-0.39, 0.29) is 12.5 Å². The summed E-state index contributed by atoms with van der Waals surface area (Å²) in [5.74, 6) is 0.397. The van der Waals surface area contributed by atoms with Gasteiger partial charge in [-0.15, -0.1) is 0 Å². The second kappa shape index (κ2) is 9.67. The van der Waals surface area contributed by atoms with Crippen molar-refractivity contribution in [3.8, 4) is 11.1 Å². The predicted octanol–water partition coefficient (Wildman–Crippen LogP) is 3.49. The molecule has 2 N–H and O–H groups in total. The van der Waals surface area contributed by atoms with Gasteiger partial charge in [0.2, 0.25) is 0 Å². The van der Waals surface area contributed by atoms with Gasteiger partial charge in [0.25, 0.3) is 5.91 Å². The van der Waals surface area contributed by atoms with E-state index < -0.39 is 0 Å². The highest BCUT2D eigenvalue weighted by molar-refractivity contribution is 5.95. The van der Waals surface area contributed by atoms with Crippen molar-refractivity contribution in [2.75, 3.05) is 32.8 Å². The van der Waals surface area contributed by atoms with E-state index in [2.05, 4.69) is 35.3 Å². The number of amides is 1. The lowest BCUT2D eigenvalue weighted by molar-refractivity contribution is 0.0946. The lowest BCUT2D eigenvalue weighted by Crippen LogP contribution is -2.38. The van der Waals surface area contributed by atoms with Crippen molar-refractivity contribution in [1.29, 1.82) is 0 Å². The molecule has 4 heteroatoms. The number of rotatable bonds is 7. The number of aliphatic hydroxyl groups excluding tert-OH is 1. The standard InChI is InChI=1S/C23H30N2O2/c1-18-6-2-8-20(14-18)21-9-3-10-22(15-21)23(27)24-11-5-13-25-12-4-7-19(16-25)17-26/h2-3,6,8-10,14-15,19,26H,4-5,7,11-13,16-17H2,1H3,(H,24,27)/t19-/m1/s1. The minimum Gasteiger partial charge on any atom is -0.396 e. The number of nitrogens with zero attached hydrogens (tertiary/aromatic N) is 1. The quantitative estimate of drug-likeness (QED) is 0.738. The molecule has 1 amide bonds. The Balaban J connectivity index is 1.49. The summed E-state index contributed by atoms with van der Waals surface area (Å²) in [7, 11) is 0. The van der Waals surface area contributed by atoms with Crippen LogP contribution in [0, 0.1) is 12.8 Å².